The zero-order valence-electron chi connectivity index (χ0n) is 38.5. The number of carbonyl (C=O) groups excluding carboxylic acids is 4. The van der Waals surface area contributed by atoms with E-state index in [-0.39, 0.29) is 61.5 Å². The third-order valence-electron chi connectivity index (χ3n) is 13.7. The number of piperidine rings is 1. The molecule has 4 aromatic rings. The first-order chi connectivity index (χ1) is 31.8. The Bertz CT molecular complexity index is 2530. The number of halogens is 2. The number of aliphatic hydroxyl groups is 1. The van der Waals surface area contributed by atoms with E-state index < -0.39 is 47.9 Å². The Morgan fingerprint density at radius 1 is 0.940 bits per heavy atom. The Kier molecular flexibility index (Phi) is 13.6. The molecule has 4 aliphatic rings. The van der Waals surface area contributed by atoms with Crippen molar-refractivity contribution in [3.05, 3.63) is 82.6 Å². The minimum atomic E-state index is -2.81. The third kappa shape index (κ3) is 10.7. The summed E-state index contributed by atoms with van der Waals surface area (Å²) in [5, 5.41) is 29.2. The van der Waals surface area contributed by atoms with Crippen LogP contribution in [-0.2, 0) is 19.2 Å². The van der Waals surface area contributed by atoms with Crippen molar-refractivity contribution >= 4 is 52.4 Å². The molecule has 18 heteroatoms. The Hall–Kier alpha value is -6.06. The number of anilines is 3. The van der Waals surface area contributed by atoms with Gasteiger partial charge in [-0.1, -0.05) is 45.0 Å². The predicted octanol–water partition coefficient (Wildman–Crippen LogP) is 6.47. The fourth-order valence-corrected chi connectivity index (χ4v) is 10.4. The van der Waals surface area contributed by atoms with Crippen LogP contribution in [0.5, 0.6) is 0 Å². The molecule has 3 aliphatic heterocycles. The summed E-state index contributed by atoms with van der Waals surface area (Å²) in [5.74, 6) is -3.53. The molecule has 67 heavy (non-hydrogen) atoms. The molecule has 4 amide bonds. The first-order valence-electron chi connectivity index (χ1n) is 23.0. The Balaban J connectivity index is 0.852. The molecule has 1 saturated carbocycles. The van der Waals surface area contributed by atoms with Gasteiger partial charge in [-0.25, -0.2) is 23.7 Å². The minimum Gasteiger partial charge on any atom is -0.391 e. The molecule has 15 nitrogen and oxygen atoms in total. The van der Waals surface area contributed by atoms with E-state index in [4.69, 9.17) is 0 Å². The van der Waals surface area contributed by atoms with Crippen LogP contribution in [0.25, 0.3) is 10.4 Å². The van der Waals surface area contributed by atoms with E-state index in [1.54, 1.807) is 28.4 Å². The first kappa shape index (κ1) is 47.4. The van der Waals surface area contributed by atoms with Crippen LogP contribution in [-0.4, -0.2) is 110 Å². The fraction of sp³-hybridized carbons (Fsp3) is 0.510. The van der Waals surface area contributed by atoms with Gasteiger partial charge < -0.3 is 35.8 Å². The number of benzene rings is 1. The van der Waals surface area contributed by atoms with Crippen molar-refractivity contribution in [1.29, 1.82) is 5.26 Å². The molecular formula is C49H58F2N10O5S. The van der Waals surface area contributed by atoms with Crippen LogP contribution in [0.4, 0.5) is 26.2 Å². The highest BCUT2D eigenvalue weighted by molar-refractivity contribution is 7.13. The van der Waals surface area contributed by atoms with Crippen LogP contribution in [0, 0.1) is 35.5 Å². The van der Waals surface area contributed by atoms with Crippen molar-refractivity contribution in [3.8, 4) is 16.5 Å². The summed E-state index contributed by atoms with van der Waals surface area (Å²) in [6.07, 6.45) is 2.38. The number of nitrogens with one attached hydrogen (secondary N) is 3. The summed E-state index contributed by atoms with van der Waals surface area (Å²) in [7, 11) is 0. The molecule has 8 rings (SSSR count). The summed E-state index contributed by atoms with van der Waals surface area (Å²) in [5.41, 5.74) is 5.26. The molecule has 0 spiro atoms. The van der Waals surface area contributed by atoms with Gasteiger partial charge in [0.25, 0.3) is 5.92 Å². The van der Waals surface area contributed by atoms with Gasteiger partial charge in [-0.05, 0) is 91.8 Å². The molecule has 354 valence electrons. The number of aromatic nitrogens is 3. The van der Waals surface area contributed by atoms with Crippen LogP contribution in [0.3, 0.4) is 0 Å². The molecule has 0 radical (unpaired) electrons. The second-order valence-corrected chi connectivity index (χ2v) is 20.5. The number of aryl methyl sites for hydroxylation is 1. The number of nitrogens with zero attached hydrogens (tertiary/aromatic N) is 7. The standard InChI is InChI=1S/C49H58F2N10O5S/c1-28(31-6-8-33(9-7-31)42-29(2)54-27-67-42)55-45(64)38-23-37(62)25-61(38)47(66)43(48(3,4)5)58-44(63)35-19-36(20-35)46(65)59-15-11-32(12-16-59)34-21-40(56-39-18-30(24-52)10-14-53-39)57-41(22-34)60-17-13-49(50,51)26-60/h6-10,14,18,21-22,27-28,32,35-38,43,62H,11-13,15-17,19-20,23,25-26H2,1-5H3,(H,55,64)(H,58,63)(H,53,56,57)/t28-,35?,36?,37+,38-,43+/m0/s1. The number of carbonyl (C=O) groups is 4. The second kappa shape index (κ2) is 19.3. The summed E-state index contributed by atoms with van der Waals surface area (Å²) in [6.45, 7) is 10.0. The number of pyridine rings is 2. The van der Waals surface area contributed by atoms with E-state index in [0.717, 1.165) is 27.3 Å². The van der Waals surface area contributed by atoms with Crippen LogP contribution in [0.1, 0.15) is 101 Å². The number of β-amino-alcohol motifs (C(OH)–C–C–N with tert-alkyl or cyclic N) is 1. The number of thiazole rings is 1. The van der Waals surface area contributed by atoms with E-state index in [0.29, 0.717) is 61.8 Å². The van der Waals surface area contributed by atoms with Gasteiger partial charge >= 0.3 is 0 Å². The molecular weight excluding hydrogens is 879 g/mol. The monoisotopic (exact) mass is 936 g/mol. The molecule has 3 saturated heterocycles. The number of rotatable bonds is 12. The van der Waals surface area contributed by atoms with Crippen molar-refractivity contribution in [2.24, 2.45) is 17.3 Å². The molecule has 1 aliphatic carbocycles. The van der Waals surface area contributed by atoms with E-state index in [1.165, 1.54) is 11.1 Å². The number of aliphatic hydroxyl groups excluding tert-OH is 1. The number of amides is 4. The zero-order chi connectivity index (χ0) is 47.8. The number of likely N-dealkylation sites (tertiary alicyclic amines) is 2. The molecule has 4 N–H and O–H groups in total. The Morgan fingerprint density at radius 2 is 1.67 bits per heavy atom. The molecule has 3 aromatic heterocycles. The summed E-state index contributed by atoms with van der Waals surface area (Å²) in [4.78, 5) is 74.7. The average Bonchev–Trinajstić information content (AvgIpc) is 4.01. The highest BCUT2D eigenvalue weighted by Gasteiger charge is 2.47. The fourth-order valence-electron chi connectivity index (χ4n) is 9.63. The third-order valence-corrected chi connectivity index (χ3v) is 14.6. The predicted molar refractivity (Wildman–Crippen MR) is 249 cm³/mol. The highest BCUT2D eigenvalue weighted by atomic mass is 32.1. The van der Waals surface area contributed by atoms with Gasteiger partial charge in [0.2, 0.25) is 23.6 Å². The van der Waals surface area contributed by atoms with Gasteiger partial charge in [0, 0.05) is 57.1 Å². The smallest absolute Gasteiger partial charge is 0.266 e. The van der Waals surface area contributed by atoms with Crippen LogP contribution in [0.2, 0.25) is 0 Å². The Morgan fingerprint density at radius 3 is 2.31 bits per heavy atom. The number of nitriles is 1. The van der Waals surface area contributed by atoms with Gasteiger partial charge in [-0.15, -0.1) is 11.3 Å². The summed E-state index contributed by atoms with van der Waals surface area (Å²) < 4.78 is 28.6. The zero-order valence-corrected chi connectivity index (χ0v) is 39.3. The lowest BCUT2D eigenvalue weighted by Crippen LogP contribution is -2.59. The number of alkyl halides is 2. The van der Waals surface area contributed by atoms with E-state index in [2.05, 4.69) is 37.0 Å². The molecule has 1 aromatic carbocycles. The molecule has 0 unspecified atom stereocenters. The normalized spacial score (nSPS) is 22.6. The van der Waals surface area contributed by atoms with Crippen molar-refractivity contribution in [3.63, 3.8) is 0 Å². The van der Waals surface area contributed by atoms with Gasteiger partial charge in [0.15, 0.2) is 0 Å². The van der Waals surface area contributed by atoms with Crippen molar-refractivity contribution in [1.82, 2.24) is 35.4 Å². The van der Waals surface area contributed by atoms with Crippen molar-refractivity contribution in [2.45, 2.75) is 109 Å². The molecule has 4 fully saturated rings. The quantitative estimate of drug-likeness (QED) is 0.122. The van der Waals surface area contributed by atoms with E-state index >= 15 is 0 Å². The van der Waals surface area contributed by atoms with Crippen LogP contribution < -0.4 is 20.9 Å². The van der Waals surface area contributed by atoms with Crippen LogP contribution >= 0.6 is 11.3 Å². The maximum atomic E-state index is 14.3. The average molecular weight is 937 g/mol. The van der Waals surface area contributed by atoms with Crippen molar-refractivity contribution < 1.29 is 33.1 Å². The van der Waals surface area contributed by atoms with Gasteiger partial charge in [0.05, 0.1) is 46.4 Å². The summed E-state index contributed by atoms with van der Waals surface area (Å²) >= 11 is 1.56. The van der Waals surface area contributed by atoms with Gasteiger partial charge in [0.1, 0.15) is 29.5 Å². The second-order valence-electron chi connectivity index (χ2n) is 19.6. The van der Waals surface area contributed by atoms with Crippen LogP contribution in [0.15, 0.2) is 60.2 Å². The number of hydrogen-bond acceptors (Lipinski definition) is 12. The number of hydrogen-bond donors (Lipinski definition) is 4. The lowest BCUT2D eigenvalue weighted by Gasteiger charge is -2.41. The lowest BCUT2D eigenvalue weighted by molar-refractivity contribution is -0.148. The molecule has 4 atom stereocenters. The molecule has 6 heterocycles. The summed E-state index contributed by atoms with van der Waals surface area (Å²) in [6, 6.07) is 14.6. The van der Waals surface area contributed by atoms with Gasteiger partial charge in [-0.2, -0.15) is 5.26 Å². The Labute approximate surface area is 393 Å². The first-order valence-corrected chi connectivity index (χ1v) is 23.9. The van der Waals surface area contributed by atoms with Crippen molar-refractivity contribution in [2.75, 3.05) is 42.9 Å². The lowest BCUT2D eigenvalue weighted by atomic mass is 9.73. The van der Waals surface area contributed by atoms with E-state index in [9.17, 15) is 38.3 Å². The topological polar surface area (TPSA) is 197 Å². The molecule has 0 bridgehead atoms. The van der Waals surface area contributed by atoms with E-state index in [1.807, 2.05) is 81.4 Å². The highest BCUT2D eigenvalue weighted by Crippen LogP contribution is 2.40. The SMILES string of the molecule is Cc1ncsc1-c1ccc([C@H](C)NC(=O)[C@@H]2C[C@@H](O)CN2C(=O)[C@@H](NC(=O)C2CC(C(=O)N3CCC(c4cc(Nc5cc(C#N)ccn5)nc(N5CCC(F)(F)C5)c4)CC3)C2)C(C)(C)C)cc1. The minimum absolute atomic E-state index is 0.0218. The largest absolute Gasteiger partial charge is 0.391 e. The maximum absolute atomic E-state index is 14.3. The van der Waals surface area contributed by atoms with Gasteiger partial charge in [-0.3, -0.25) is 19.2 Å². The maximum Gasteiger partial charge on any atom is 0.266 e.